The average molecular weight is 639 g/mol. The van der Waals surface area contributed by atoms with Crippen molar-refractivity contribution in [3.63, 3.8) is 0 Å². The highest BCUT2D eigenvalue weighted by Gasteiger charge is 2.90. The number of hydrogen-bond donors (Lipinski definition) is 3. The lowest BCUT2D eigenvalue weighted by Gasteiger charge is -2.61. The number of epoxide rings is 1. The van der Waals surface area contributed by atoms with Gasteiger partial charge in [0.1, 0.15) is 41.2 Å². The van der Waals surface area contributed by atoms with E-state index in [2.05, 4.69) is 20.4 Å². The van der Waals surface area contributed by atoms with Crippen molar-refractivity contribution in [1.82, 2.24) is 0 Å². The molecule has 3 aliphatic carbocycles. The molecule has 9 nitrogen and oxygen atoms in total. The molecule has 0 amide bonds. The SMILES string of the molecule is C=C(C)[C@]12C[C@H](C)[C@@]34O[C@@]5(CCCCCCC[C@@H](C)[C@H]6[C@H](C)[C@H](OC(=O)c7ccccc7)[C@@](O)([C@H](O)[C@@]7(CO)O[C@H]7[C@H]3[C@H]1O5)[C@@H]64)O2. The molecule has 7 fully saturated rings. The Kier molecular flexibility index (Phi) is 7.06. The summed E-state index contributed by atoms with van der Waals surface area (Å²) in [6.45, 7) is 12.3. The van der Waals surface area contributed by atoms with Gasteiger partial charge >= 0.3 is 5.97 Å². The molecule has 15 atom stereocenters. The Morgan fingerprint density at radius 2 is 1.74 bits per heavy atom. The zero-order valence-electron chi connectivity index (χ0n) is 27.5. The molecule has 2 spiro atoms. The van der Waals surface area contributed by atoms with E-state index in [1.165, 1.54) is 0 Å². The largest absolute Gasteiger partial charge is 0.455 e. The maximum atomic E-state index is 13.7. The van der Waals surface area contributed by atoms with Crippen LogP contribution >= 0.6 is 0 Å². The van der Waals surface area contributed by atoms with Gasteiger partial charge in [-0.2, -0.15) is 0 Å². The Bertz CT molecular complexity index is 1400. The monoisotopic (exact) mass is 638 g/mol. The molecule has 4 aliphatic heterocycles. The van der Waals surface area contributed by atoms with Crippen LogP contribution in [0.15, 0.2) is 42.5 Å². The first-order valence-electron chi connectivity index (χ1n) is 17.6. The van der Waals surface area contributed by atoms with Gasteiger partial charge in [0, 0.05) is 18.3 Å². The van der Waals surface area contributed by atoms with E-state index in [-0.39, 0.29) is 23.7 Å². The van der Waals surface area contributed by atoms with Crippen LogP contribution in [-0.2, 0) is 23.7 Å². The minimum atomic E-state index is -2.00. The number of benzene rings is 1. The number of fused-ring (bicyclic) bond motifs is 1. The molecule has 3 bridgehead atoms. The number of carbonyl (C=O) groups is 1. The smallest absolute Gasteiger partial charge is 0.338 e. The number of esters is 1. The predicted molar refractivity (Wildman–Crippen MR) is 166 cm³/mol. The second-order valence-electron chi connectivity index (χ2n) is 15.9. The highest BCUT2D eigenvalue weighted by atomic mass is 16.9. The molecule has 4 heterocycles. The summed E-state index contributed by atoms with van der Waals surface area (Å²) in [4.78, 5) is 13.7. The van der Waals surface area contributed by atoms with Gasteiger partial charge < -0.3 is 39.0 Å². The molecule has 46 heavy (non-hydrogen) atoms. The molecule has 9 heteroatoms. The number of aliphatic hydroxyl groups is 3. The highest BCUT2D eigenvalue weighted by Crippen LogP contribution is 2.75. The van der Waals surface area contributed by atoms with Crippen molar-refractivity contribution in [3.05, 3.63) is 48.0 Å². The standard InChI is InChI=1S/C37H50O9/c1-20(2)33-18-22(4)37-26-29(33)44-35(45-33,46-37)17-13-8-6-7-10-14-21(3)25-23(5)28(42-31(39)24-15-11-9-12-16-24)36(41,27(25)37)32(40)34(19-38)30(26)43-34/h9,11-12,15-16,21-23,25-30,32,38,40-41H,1,6-8,10,13-14,17-19H2,2-5H3/t21-,22+,23+,25+,26-,27-,28+,29-,30+,32-,33-,34+,35-,36-,37-/m1/s1. The summed E-state index contributed by atoms with van der Waals surface area (Å²) >= 11 is 0. The van der Waals surface area contributed by atoms with Crippen LogP contribution in [0.2, 0.25) is 0 Å². The zero-order valence-corrected chi connectivity index (χ0v) is 27.5. The molecule has 7 aliphatic rings. The third kappa shape index (κ3) is 3.79. The Labute approximate surface area is 271 Å². The Morgan fingerprint density at radius 3 is 2.46 bits per heavy atom. The fourth-order valence-electron chi connectivity index (χ4n) is 11.6. The van der Waals surface area contributed by atoms with E-state index in [9.17, 15) is 20.1 Å². The summed E-state index contributed by atoms with van der Waals surface area (Å²) < 4.78 is 34.2. The Balaban J connectivity index is 1.36. The van der Waals surface area contributed by atoms with Crippen LogP contribution in [0.5, 0.6) is 0 Å². The number of aliphatic hydroxyl groups excluding tert-OH is 2. The molecule has 0 aromatic heterocycles. The van der Waals surface area contributed by atoms with Crippen molar-refractivity contribution in [1.29, 1.82) is 0 Å². The predicted octanol–water partition coefficient (Wildman–Crippen LogP) is 4.52. The molecule has 3 saturated carbocycles. The lowest BCUT2D eigenvalue weighted by Crippen LogP contribution is -2.73. The molecular weight excluding hydrogens is 588 g/mol. The normalized spacial score (nSPS) is 53.6. The van der Waals surface area contributed by atoms with E-state index in [4.69, 9.17) is 23.7 Å². The lowest BCUT2D eigenvalue weighted by molar-refractivity contribution is -0.437. The number of rotatable bonds is 4. The summed E-state index contributed by atoms with van der Waals surface area (Å²) in [5, 5.41) is 37.0. The maximum absolute atomic E-state index is 13.7. The fraction of sp³-hybridized carbons (Fsp3) is 0.757. The highest BCUT2D eigenvalue weighted by molar-refractivity contribution is 5.89. The molecule has 1 aromatic carbocycles. The van der Waals surface area contributed by atoms with Crippen molar-refractivity contribution < 1.29 is 43.8 Å². The molecule has 252 valence electrons. The van der Waals surface area contributed by atoms with Gasteiger partial charge in [-0.1, -0.05) is 77.7 Å². The van der Waals surface area contributed by atoms with Crippen molar-refractivity contribution in [2.45, 2.75) is 132 Å². The molecule has 8 rings (SSSR count). The summed E-state index contributed by atoms with van der Waals surface area (Å²) in [5.41, 5.74) is -4.16. The van der Waals surface area contributed by atoms with Crippen molar-refractivity contribution in [3.8, 4) is 0 Å². The van der Waals surface area contributed by atoms with E-state index in [0.717, 1.165) is 44.1 Å². The first kappa shape index (κ1) is 31.4. The van der Waals surface area contributed by atoms with Gasteiger partial charge in [-0.05, 0) is 61.1 Å². The van der Waals surface area contributed by atoms with E-state index >= 15 is 0 Å². The van der Waals surface area contributed by atoms with E-state index in [0.29, 0.717) is 18.4 Å². The second-order valence-corrected chi connectivity index (χ2v) is 15.9. The summed E-state index contributed by atoms with van der Waals surface area (Å²) in [7, 11) is 0. The molecule has 3 N–H and O–H groups in total. The number of carbonyl (C=O) groups excluding carboxylic acids is 1. The van der Waals surface area contributed by atoms with Crippen LogP contribution in [0, 0.1) is 35.5 Å². The number of ether oxygens (including phenoxy) is 5. The maximum Gasteiger partial charge on any atom is 0.338 e. The molecular formula is C37H50O9. The van der Waals surface area contributed by atoms with Crippen LogP contribution in [0.25, 0.3) is 0 Å². The van der Waals surface area contributed by atoms with Crippen LogP contribution in [-0.4, -0.2) is 80.7 Å². The lowest BCUT2D eigenvalue weighted by atomic mass is 9.52. The average Bonchev–Trinajstić information content (AvgIpc) is 3.67. The second kappa shape index (κ2) is 10.3. The van der Waals surface area contributed by atoms with Gasteiger partial charge in [-0.25, -0.2) is 4.79 Å². The third-order valence-electron chi connectivity index (χ3n) is 13.6. The van der Waals surface area contributed by atoms with Crippen LogP contribution in [0.3, 0.4) is 0 Å². The van der Waals surface area contributed by atoms with E-state index < -0.39 is 77.2 Å². The molecule has 0 radical (unpaired) electrons. The van der Waals surface area contributed by atoms with Crippen LogP contribution in [0.4, 0.5) is 0 Å². The first-order valence-corrected chi connectivity index (χ1v) is 17.6. The van der Waals surface area contributed by atoms with Crippen molar-refractivity contribution in [2.24, 2.45) is 35.5 Å². The summed E-state index contributed by atoms with van der Waals surface area (Å²) in [6, 6.07) is 8.76. The van der Waals surface area contributed by atoms with Crippen LogP contribution < -0.4 is 0 Å². The first-order chi connectivity index (χ1) is 21.9. The quantitative estimate of drug-likeness (QED) is 0.248. The third-order valence-corrected chi connectivity index (χ3v) is 13.6. The molecule has 0 unspecified atom stereocenters. The topological polar surface area (TPSA) is 127 Å². The Morgan fingerprint density at radius 1 is 1.02 bits per heavy atom. The van der Waals surface area contributed by atoms with Crippen molar-refractivity contribution >= 4 is 5.97 Å². The zero-order chi connectivity index (χ0) is 32.4. The van der Waals surface area contributed by atoms with Crippen LogP contribution in [0.1, 0.15) is 89.4 Å². The van der Waals surface area contributed by atoms with Gasteiger partial charge in [0.25, 0.3) is 5.97 Å². The number of hydrogen-bond acceptors (Lipinski definition) is 9. The fourth-order valence-corrected chi connectivity index (χ4v) is 11.6. The van der Waals surface area contributed by atoms with Crippen molar-refractivity contribution in [2.75, 3.05) is 6.61 Å². The van der Waals surface area contributed by atoms with Gasteiger partial charge in [0.05, 0.1) is 17.8 Å². The Hall–Kier alpha value is -1.85. The van der Waals surface area contributed by atoms with Gasteiger partial charge in [0.15, 0.2) is 0 Å². The summed E-state index contributed by atoms with van der Waals surface area (Å²) in [5.74, 6) is -3.61. The van der Waals surface area contributed by atoms with Gasteiger partial charge in [0.2, 0.25) is 0 Å². The van der Waals surface area contributed by atoms with Gasteiger partial charge in [-0.3, -0.25) is 0 Å². The summed E-state index contributed by atoms with van der Waals surface area (Å²) in [6.07, 6.45) is 3.37. The minimum Gasteiger partial charge on any atom is -0.455 e. The minimum absolute atomic E-state index is 0.122. The molecule has 1 aromatic rings. The van der Waals surface area contributed by atoms with Gasteiger partial charge in [-0.15, -0.1) is 0 Å². The molecule has 4 saturated heterocycles. The van der Waals surface area contributed by atoms with E-state index in [1.807, 2.05) is 19.9 Å². The van der Waals surface area contributed by atoms with E-state index in [1.54, 1.807) is 24.3 Å².